The number of hydrogen-bond donors (Lipinski definition) is 1. The molecule has 2 aliphatic rings. The lowest BCUT2D eigenvalue weighted by Crippen LogP contribution is -2.48. The molecule has 1 aromatic rings. The number of likely N-dealkylation sites (tertiary alicyclic amines) is 1. The van der Waals surface area contributed by atoms with Crippen molar-refractivity contribution >= 4 is 15.9 Å². The Hall–Kier alpha value is -1.48. The number of nitrogens with zero attached hydrogens (tertiary/aromatic N) is 2. The lowest BCUT2D eigenvalue weighted by molar-refractivity contribution is -0.0965. The molecular formula is C18H27N3O4S. The van der Waals surface area contributed by atoms with Crippen molar-refractivity contribution in [1.82, 2.24) is 14.5 Å². The van der Waals surface area contributed by atoms with Crippen LogP contribution in [0.5, 0.6) is 0 Å². The van der Waals surface area contributed by atoms with Crippen molar-refractivity contribution < 1.29 is 17.9 Å². The quantitative estimate of drug-likeness (QED) is 0.788. The topological polar surface area (TPSA) is 79.0 Å². The Labute approximate surface area is 155 Å². The summed E-state index contributed by atoms with van der Waals surface area (Å²) >= 11 is 0. The van der Waals surface area contributed by atoms with Gasteiger partial charge >= 0.3 is 0 Å². The van der Waals surface area contributed by atoms with Crippen molar-refractivity contribution in [2.75, 3.05) is 46.9 Å². The first-order chi connectivity index (χ1) is 12.2. The van der Waals surface area contributed by atoms with E-state index >= 15 is 0 Å². The van der Waals surface area contributed by atoms with E-state index in [1.165, 1.54) is 12.1 Å². The molecule has 1 atom stereocenters. The van der Waals surface area contributed by atoms with Crippen molar-refractivity contribution in [2.24, 2.45) is 5.41 Å². The fourth-order valence-corrected chi connectivity index (χ4v) is 4.48. The maximum Gasteiger partial charge on any atom is 0.253 e. The monoisotopic (exact) mass is 381 g/mol. The molecule has 1 N–H and O–H groups in total. The van der Waals surface area contributed by atoms with Crippen molar-refractivity contribution in [1.29, 1.82) is 0 Å². The minimum Gasteiger partial charge on any atom is -0.380 e. The normalized spacial score (nSPS) is 22.5. The van der Waals surface area contributed by atoms with Crippen molar-refractivity contribution in [2.45, 2.75) is 24.3 Å². The zero-order valence-electron chi connectivity index (χ0n) is 15.6. The summed E-state index contributed by atoms with van der Waals surface area (Å²) in [6.07, 6.45) is 0.930. The molecule has 7 nitrogen and oxygen atoms in total. The predicted molar refractivity (Wildman–Crippen MR) is 98.6 cm³/mol. The van der Waals surface area contributed by atoms with Gasteiger partial charge < -0.3 is 14.5 Å². The van der Waals surface area contributed by atoms with Crippen LogP contribution in [0.4, 0.5) is 0 Å². The lowest BCUT2D eigenvalue weighted by atomic mass is 9.89. The third-order valence-electron chi connectivity index (χ3n) is 5.16. The highest BCUT2D eigenvalue weighted by Crippen LogP contribution is 2.26. The summed E-state index contributed by atoms with van der Waals surface area (Å²) in [4.78, 5) is 16.8. The summed E-state index contributed by atoms with van der Waals surface area (Å²) in [5.41, 5.74) is 0.252. The van der Waals surface area contributed by atoms with Gasteiger partial charge in [-0.1, -0.05) is 13.0 Å². The standard InChI is InChI=1S/C18H27N3O4S/c1-18(12-25-13-18)11-19-26(23,24)16-6-4-5-14(9-16)17(22)21-8-7-15(10-21)20(2)3/h4-6,9,15,19H,7-8,10-13H2,1-3H3/t15-/m1/s1. The number of hydrogen-bond acceptors (Lipinski definition) is 5. The molecule has 2 fully saturated rings. The van der Waals surface area contributed by atoms with Crippen LogP contribution in [0.15, 0.2) is 29.2 Å². The molecule has 0 aromatic heterocycles. The number of carbonyl (C=O) groups is 1. The molecular weight excluding hydrogens is 354 g/mol. The molecule has 2 saturated heterocycles. The fourth-order valence-electron chi connectivity index (χ4n) is 3.23. The third-order valence-corrected chi connectivity index (χ3v) is 6.56. The van der Waals surface area contributed by atoms with E-state index in [1.54, 1.807) is 17.0 Å². The number of ether oxygens (including phenoxy) is 1. The highest BCUT2D eigenvalue weighted by molar-refractivity contribution is 7.89. The largest absolute Gasteiger partial charge is 0.380 e. The Morgan fingerprint density at radius 3 is 2.69 bits per heavy atom. The molecule has 0 aliphatic carbocycles. The van der Waals surface area contributed by atoms with Crippen LogP contribution >= 0.6 is 0 Å². The number of carbonyl (C=O) groups excluding carboxylic acids is 1. The highest BCUT2D eigenvalue weighted by Gasteiger charge is 2.35. The van der Waals surface area contributed by atoms with Gasteiger partial charge in [-0.05, 0) is 38.7 Å². The average molecular weight is 381 g/mol. The van der Waals surface area contributed by atoms with Crippen molar-refractivity contribution in [3.05, 3.63) is 29.8 Å². The van der Waals surface area contributed by atoms with E-state index in [1.807, 2.05) is 21.0 Å². The minimum atomic E-state index is -3.66. The van der Waals surface area contributed by atoms with Gasteiger partial charge in [0.1, 0.15) is 0 Å². The molecule has 1 aromatic carbocycles. The highest BCUT2D eigenvalue weighted by atomic mass is 32.2. The average Bonchev–Trinajstić information content (AvgIpc) is 3.08. The molecule has 8 heteroatoms. The van der Waals surface area contributed by atoms with E-state index in [2.05, 4.69) is 9.62 Å². The van der Waals surface area contributed by atoms with Crippen LogP contribution in [0.1, 0.15) is 23.7 Å². The number of benzene rings is 1. The Morgan fingerprint density at radius 1 is 1.38 bits per heavy atom. The van der Waals surface area contributed by atoms with Crippen LogP contribution < -0.4 is 4.72 Å². The first-order valence-corrected chi connectivity index (χ1v) is 10.3. The molecule has 0 bridgehead atoms. The predicted octanol–water partition coefficient (Wildman–Crippen LogP) is 0.778. The van der Waals surface area contributed by atoms with Gasteiger partial charge in [0, 0.05) is 36.7 Å². The van der Waals surface area contributed by atoms with Gasteiger partial charge in [0.25, 0.3) is 5.91 Å². The summed E-state index contributed by atoms with van der Waals surface area (Å²) in [6, 6.07) is 6.62. The Kier molecular flexibility index (Phi) is 5.39. The summed E-state index contributed by atoms with van der Waals surface area (Å²) in [6.45, 7) is 4.76. The van der Waals surface area contributed by atoms with E-state index in [9.17, 15) is 13.2 Å². The first-order valence-electron chi connectivity index (χ1n) is 8.83. The zero-order chi connectivity index (χ0) is 18.9. The van der Waals surface area contributed by atoms with Crippen LogP contribution in [-0.4, -0.2) is 77.1 Å². The number of likely N-dealkylation sites (N-methyl/N-ethyl adjacent to an activating group) is 1. The van der Waals surface area contributed by atoms with Crippen molar-refractivity contribution in [3.63, 3.8) is 0 Å². The maximum absolute atomic E-state index is 12.7. The number of sulfonamides is 1. The fraction of sp³-hybridized carbons (Fsp3) is 0.611. The molecule has 2 heterocycles. The van der Waals surface area contributed by atoms with E-state index in [-0.39, 0.29) is 16.2 Å². The molecule has 144 valence electrons. The summed E-state index contributed by atoms with van der Waals surface area (Å²) in [5.74, 6) is -0.120. The first kappa shape index (κ1) is 19.3. The van der Waals surface area contributed by atoms with Crippen LogP contribution in [0, 0.1) is 5.41 Å². The molecule has 0 unspecified atom stereocenters. The van der Waals surface area contributed by atoms with Crippen LogP contribution in [0.2, 0.25) is 0 Å². The van der Waals surface area contributed by atoms with E-state index in [0.717, 1.165) is 6.42 Å². The molecule has 1 amide bonds. The zero-order valence-corrected chi connectivity index (χ0v) is 16.4. The van der Waals surface area contributed by atoms with Gasteiger partial charge in [-0.25, -0.2) is 13.1 Å². The second-order valence-electron chi connectivity index (χ2n) is 7.81. The van der Waals surface area contributed by atoms with Gasteiger partial charge in [0.2, 0.25) is 10.0 Å². The Morgan fingerprint density at radius 2 is 2.12 bits per heavy atom. The number of rotatable bonds is 6. The van der Waals surface area contributed by atoms with Gasteiger partial charge in [-0.15, -0.1) is 0 Å². The lowest BCUT2D eigenvalue weighted by Gasteiger charge is -2.37. The van der Waals surface area contributed by atoms with Crippen LogP contribution in [-0.2, 0) is 14.8 Å². The maximum atomic E-state index is 12.7. The minimum absolute atomic E-state index is 0.120. The molecule has 0 spiro atoms. The summed E-state index contributed by atoms with van der Waals surface area (Å²) < 4.78 is 32.9. The van der Waals surface area contributed by atoms with E-state index in [0.29, 0.717) is 44.5 Å². The van der Waals surface area contributed by atoms with E-state index < -0.39 is 10.0 Å². The van der Waals surface area contributed by atoms with Crippen LogP contribution in [0.25, 0.3) is 0 Å². The van der Waals surface area contributed by atoms with Gasteiger partial charge in [-0.2, -0.15) is 0 Å². The SMILES string of the molecule is CN(C)[C@@H]1CCN(C(=O)c2cccc(S(=O)(=O)NCC3(C)COC3)c2)C1. The Bertz CT molecular complexity index is 774. The van der Waals surface area contributed by atoms with Crippen LogP contribution in [0.3, 0.4) is 0 Å². The van der Waals surface area contributed by atoms with Crippen molar-refractivity contribution in [3.8, 4) is 0 Å². The Balaban J connectivity index is 1.70. The summed E-state index contributed by atoms with van der Waals surface area (Å²) in [7, 11) is 0.352. The van der Waals surface area contributed by atoms with Gasteiger partial charge in [-0.3, -0.25) is 4.79 Å². The number of nitrogens with one attached hydrogen (secondary N) is 1. The molecule has 2 aliphatic heterocycles. The molecule has 0 saturated carbocycles. The molecule has 26 heavy (non-hydrogen) atoms. The second kappa shape index (κ2) is 7.26. The smallest absolute Gasteiger partial charge is 0.253 e. The molecule has 0 radical (unpaired) electrons. The summed E-state index contributed by atoms with van der Waals surface area (Å²) in [5, 5.41) is 0. The van der Waals surface area contributed by atoms with Gasteiger partial charge in [0.05, 0.1) is 18.1 Å². The van der Waals surface area contributed by atoms with E-state index in [4.69, 9.17) is 4.74 Å². The van der Waals surface area contributed by atoms with Gasteiger partial charge in [0.15, 0.2) is 0 Å². The third kappa shape index (κ3) is 4.09. The number of amides is 1. The second-order valence-corrected chi connectivity index (χ2v) is 9.58. The molecule has 3 rings (SSSR count).